The Balaban J connectivity index is 2.49. The zero-order chi connectivity index (χ0) is 15.6. The van der Waals surface area contributed by atoms with E-state index in [2.05, 4.69) is 15.9 Å². The lowest BCUT2D eigenvalue weighted by Crippen LogP contribution is -1.97. The highest BCUT2D eigenvalue weighted by molar-refractivity contribution is 9.10. The molecule has 0 heterocycles. The van der Waals surface area contributed by atoms with E-state index in [0.717, 1.165) is 10.0 Å². The van der Waals surface area contributed by atoms with Gasteiger partial charge in [0.05, 0.1) is 16.6 Å². The van der Waals surface area contributed by atoms with E-state index >= 15 is 0 Å². The molecule has 0 radical (unpaired) electrons. The quantitative estimate of drug-likeness (QED) is 0.460. The topological polar surface area (TPSA) is 69.4 Å². The van der Waals surface area contributed by atoms with Crippen LogP contribution in [0.1, 0.15) is 21.5 Å². The largest absolute Gasteiger partial charge is 0.456 e. The third-order valence-electron chi connectivity index (χ3n) is 3.01. The van der Waals surface area contributed by atoms with Crippen LogP contribution in [-0.4, -0.2) is 11.2 Å². The Morgan fingerprint density at radius 1 is 1.14 bits per heavy atom. The number of rotatable bonds is 4. The third kappa shape index (κ3) is 3.28. The van der Waals surface area contributed by atoms with Crippen LogP contribution in [0.3, 0.4) is 0 Å². The normalized spacial score (nSPS) is 10.2. The highest BCUT2D eigenvalue weighted by Gasteiger charge is 2.16. The minimum Gasteiger partial charge on any atom is -0.456 e. The number of hydrogen-bond acceptors (Lipinski definition) is 4. The van der Waals surface area contributed by atoms with Crippen molar-refractivity contribution in [1.29, 1.82) is 0 Å². The van der Waals surface area contributed by atoms with Crippen LogP contribution in [0, 0.1) is 24.0 Å². The van der Waals surface area contributed by atoms with Gasteiger partial charge in [0.1, 0.15) is 11.5 Å². The summed E-state index contributed by atoms with van der Waals surface area (Å²) in [6.07, 6.45) is 0.680. The number of benzene rings is 2. The van der Waals surface area contributed by atoms with Gasteiger partial charge in [-0.25, -0.2) is 0 Å². The molecule has 0 saturated heterocycles. The van der Waals surface area contributed by atoms with E-state index in [1.165, 1.54) is 6.07 Å². The average molecular weight is 350 g/mol. The summed E-state index contributed by atoms with van der Waals surface area (Å²) in [6.45, 7) is 3.47. The van der Waals surface area contributed by atoms with Gasteiger partial charge in [0.15, 0.2) is 6.29 Å². The first kappa shape index (κ1) is 15.2. The van der Waals surface area contributed by atoms with Crippen LogP contribution in [0.5, 0.6) is 11.5 Å². The number of nitrogens with zero attached hydrogens (tertiary/aromatic N) is 1. The van der Waals surface area contributed by atoms with Gasteiger partial charge in [-0.05, 0) is 43.7 Å². The lowest BCUT2D eigenvalue weighted by molar-refractivity contribution is -0.385. The molecule has 0 unspecified atom stereocenters. The van der Waals surface area contributed by atoms with Gasteiger partial charge >= 0.3 is 0 Å². The van der Waals surface area contributed by atoms with Crippen molar-refractivity contribution >= 4 is 27.9 Å². The molecular weight excluding hydrogens is 338 g/mol. The molecule has 0 fully saturated rings. The number of aldehydes is 1. The zero-order valence-electron chi connectivity index (χ0n) is 11.4. The fourth-order valence-corrected chi connectivity index (χ4v) is 2.28. The van der Waals surface area contributed by atoms with Gasteiger partial charge in [-0.15, -0.1) is 0 Å². The molecule has 0 aliphatic heterocycles. The van der Waals surface area contributed by atoms with Gasteiger partial charge in [0, 0.05) is 10.0 Å². The molecule has 0 spiro atoms. The zero-order valence-corrected chi connectivity index (χ0v) is 13.0. The molecule has 2 aromatic carbocycles. The standard InChI is InChI=1S/C15H12BrNO4/c1-9-5-10(2)14(7-13(9)17(19)20)21-15-6-12(16)4-3-11(15)8-18/h3-8H,1-2H3. The molecule has 0 aliphatic carbocycles. The van der Waals surface area contributed by atoms with Crippen LogP contribution in [-0.2, 0) is 0 Å². The van der Waals surface area contributed by atoms with E-state index in [1.54, 1.807) is 38.1 Å². The first-order valence-electron chi connectivity index (χ1n) is 6.10. The van der Waals surface area contributed by atoms with Crippen molar-refractivity contribution in [3.63, 3.8) is 0 Å². The molecule has 5 nitrogen and oxygen atoms in total. The van der Waals surface area contributed by atoms with Gasteiger partial charge < -0.3 is 4.74 Å². The van der Waals surface area contributed by atoms with E-state index in [1.807, 2.05) is 0 Å². The SMILES string of the molecule is Cc1cc(C)c([N+](=O)[O-])cc1Oc1cc(Br)ccc1C=O. The summed E-state index contributed by atoms with van der Waals surface area (Å²) >= 11 is 3.30. The number of carbonyl (C=O) groups excluding carboxylic acids is 1. The van der Waals surface area contributed by atoms with Crippen molar-refractivity contribution in [2.45, 2.75) is 13.8 Å². The molecule has 0 aliphatic rings. The minimum atomic E-state index is -0.455. The smallest absolute Gasteiger partial charge is 0.276 e. The Morgan fingerprint density at radius 3 is 2.48 bits per heavy atom. The number of nitro groups is 1. The van der Waals surface area contributed by atoms with Gasteiger partial charge in [0.25, 0.3) is 5.69 Å². The van der Waals surface area contributed by atoms with Crippen LogP contribution < -0.4 is 4.74 Å². The highest BCUT2D eigenvalue weighted by atomic mass is 79.9. The molecule has 0 N–H and O–H groups in total. The highest BCUT2D eigenvalue weighted by Crippen LogP contribution is 2.33. The van der Waals surface area contributed by atoms with Crippen LogP contribution in [0.2, 0.25) is 0 Å². The number of halogens is 1. The Morgan fingerprint density at radius 2 is 1.86 bits per heavy atom. The Kier molecular flexibility index (Phi) is 4.37. The van der Waals surface area contributed by atoms with E-state index < -0.39 is 4.92 Å². The molecule has 2 rings (SSSR count). The summed E-state index contributed by atoms with van der Waals surface area (Å²) in [5.74, 6) is 0.703. The number of carbonyl (C=O) groups is 1. The predicted molar refractivity (Wildman–Crippen MR) is 82.2 cm³/mol. The lowest BCUT2D eigenvalue weighted by Gasteiger charge is -2.11. The maximum Gasteiger partial charge on any atom is 0.276 e. The molecule has 108 valence electrons. The molecule has 2 aromatic rings. The summed E-state index contributed by atoms with van der Waals surface area (Å²) in [5, 5.41) is 11.0. The summed E-state index contributed by atoms with van der Waals surface area (Å²) in [4.78, 5) is 21.6. The second-order valence-electron chi connectivity index (χ2n) is 4.56. The number of nitro benzene ring substituents is 1. The van der Waals surface area contributed by atoms with E-state index in [9.17, 15) is 14.9 Å². The second-order valence-corrected chi connectivity index (χ2v) is 5.48. The van der Waals surface area contributed by atoms with Crippen LogP contribution >= 0.6 is 15.9 Å². The lowest BCUT2D eigenvalue weighted by atomic mass is 10.1. The van der Waals surface area contributed by atoms with Crippen molar-refractivity contribution in [1.82, 2.24) is 0 Å². The molecule has 0 atom stereocenters. The van der Waals surface area contributed by atoms with Crippen molar-refractivity contribution in [2.24, 2.45) is 0 Å². The monoisotopic (exact) mass is 349 g/mol. The number of ether oxygens (including phenoxy) is 1. The van der Waals surface area contributed by atoms with Gasteiger partial charge in [0.2, 0.25) is 0 Å². The summed E-state index contributed by atoms with van der Waals surface area (Å²) in [7, 11) is 0. The molecule has 21 heavy (non-hydrogen) atoms. The van der Waals surface area contributed by atoms with Crippen LogP contribution in [0.4, 0.5) is 5.69 Å². The second kappa shape index (κ2) is 6.05. The van der Waals surface area contributed by atoms with Crippen molar-refractivity contribution in [3.05, 3.63) is 61.6 Å². The Bertz CT molecular complexity index is 728. The minimum absolute atomic E-state index is 0.0155. The molecule has 0 aromatic heterocycles. The van der Waals surface area contributed by atoms with E-state index in [-0.39, 0.29) is 5.69 Å². The number of aryl methyl sites for hydroxylation is 2. The first-order chi connectivity index (χ1) is 9.92. The van der Waals surface area contributed by atoms with E-state index in [0.29, 0.717) is 28.9 Å². The summed E-state index contributed by atoms with van der Waals surface area (Å²) in [6, 6.07) is 8.05. The molecular formula is C15H12BrNO4. The number of hydrogen-bond donors (Lipinski definition) is 0. The summed E-state index contributed by atoms with van der Waals surface area (Å²) in [5.41, 5.74) is 1.68. The third-order valence-corrected chi connectivity index (χ3v) is 3.51. The van der Waals surface area contributed by atoms with Gasteiger partial charge in [-0.1, -0.05) is 15.9 Å². The summed E-state index contributed by atoms with van der Waals surface area (Å²) < 4.78 is 6.44. The van der Waals surface area contributed by atoms with Gasteiger partial charge in [-0.2, -0.15) is 0 Å². The van der Waals surface area contributed by atoms with Crippen molar-refractivity contribution in [3.8, 4) is 11.5 Å². The van der Waals surface area contributed by atoms with Gasteiger partial charge in [-0.3, -0.25) is 14.9 Å². The van der Waals surface area contributed by atoms with Crippen LogP contribution in [0.15, 0.2) is 34.8 Å². The average Bonchev–Trinajstić information content (AvgIpc) is 2.41. The Hall–Kier alpha value is -2.21. The fraction of sp³-hybridized carbons (Fsp3) is 0.133. The first-order valence-corrected chi connectivity index (χ1v) is 6.90. The van der Waals surface area contributed by atoms with Crippen molar-refractivity contribution in [2.75, 3.05) is 0 Å². The fourth-order valence-electron chi connectivity index (χ4n) is 1.94. The molecule has 0 amide bonds. The van der Waals surface area contributed by atoms with Crippen LogP contribution in [0.25, 0.3) is 0 Å². The maximum absolute atomic E-state index is 11.0. The Labute approximate surface area is 129 Å². The predicted octanol–water partition coefficient (Wildman–Crippen LogP) is 4.58. The molecule has 0 bridgehead atoms. The maximum atomic E-state index is 11.0. The van der Waals surface area contributed by atoms with E-state index in [4.69, 9.17) is 4.74 Å². The molecule has 0 saturated carbocycles. The van der Waals surface area contributed by atoms with Crippen molar-refractivity contribution < 1.29 is 14.5 Å². The molecule has 6 heteroatoms.